The molecule has 4 nitrogen and oxygen atoms in total. The number of hydrogen-bond donors (Lipinski definition) is 1. The molecule has 0 radical (unpaired) electrons. The lowest BCUT2D eigenvalue weighted by Crippen LogP contribution is -2.48. The average Bonchev–Trinajstić information content (AvgIpc) is 3.10. The van der Waals surface area contributed by atoms with Gasteiger partial charge in [-0.15, -0.1) is 11.3 Å². The molecule has 1 atom stereocenters. The van der Waals surface area contributed by atoms with Gasteiger partial charge in [-0.1, -0.05) is 29.8 Å². The zero-order valence-corrected chi connectivity index (χ0v) is 17.7. The molecule has 1 saturated heterocycles. The zero-order chi connectivity index (χ0) is 19.2. The lowest BCUT2D eigenvalue weighted by atomic mass is 10.2. The molecule has 0 saturated carbocycles. The van der Waals surface area contributed by atoms with Crippen LogP contribution >= 0.6 is 22.9 Å². The van der Waals surface area contributed by atoms with Crippen LogP contribution in [-0.2, 0) is 11.3 Å². The minimum Gasteiger partial charge on any atom is -0.389 e. The highest BCUT2D eigenvalue weighted by Gasteiger charge is 2.20. The molecule has 0 amide bonds. The number of aliphatic hydroxyl groups excluding tert-OH is 1. The van der Waals surface area contributed by atoms with Crippen LogP contribution in [0.25, 0.3) is 10.4 Å². The summed E-state index contributed by atoms with van der Waals surface area (Å²) in [5.74, 6) is 0. The first-order valence-corrected chi connectivity index (χ1v) is 10.8. The molecule has 1 unspecified atom stereocenters. The first-order valence-electron chi connectivity index (χ1n) is 9.59. The Kier molecular flexibility index (Phi) is 7.70. The van der Waals surface area contributed by atoms with Gasteiger partial charge in [-0.2, -0.15) is 0 Å². The third-order valence-electron chi connectivity index (χ3n) is 4.74. The van der Waals surface area contributed by atoms with Crippen LogP contribution in [0.1, 0.15) is 18.7 Å². The molecule has 1 aliphatic rings. The number of benzene rings is 1. The van der Waals surface area contributed by atoms with E-state index in [9.17, 15) is 5.11 Å². The summed E-state index contributed by atoms with van der Waals surface area (Å²) >= 11 is 8.14. The Morgan fingerprint density at radius 3 is 2.48 bits per heavy atom. The second-order valence-electron chi connectivity index (χ2n) is 7.36. The Balaban J connectivity index is 1.45. The molecule has 0 bridgehead atoms. The molecular formula is C21H29ClN2O2S. The van der Waals surface area contributed by atoms with Gasteiger partial charge in [-0.05, 0) is 32.0 Å². The molecule has 2 heterocycles. The van der Waals surface area contributed by atoms with Gasteiger partial charge < -0.3 is 9.84 Å². The Bertz CT molecular complexity index is 714. The van der Waals surface area contributed by atoms with Crippen molar-refractivity contribution in [2.24, 2.45) is 0 Å². The predicted octanol–water partition coefficient (Wildman–Crippen LogP) is 3.97. The number of piperazine rings is 1. The first kappa shape index (κ1) is 20.8. The van der Waals surface area contributed by atoms with Crippen molar-refractivity contribution < 1.29 is 9.84 Å². The fourth-order valence-electron chi connectivity index (χ4n) is 3.27. The standard InChI is InChI=1S/C21H29ClN2O2S/c1-16(2)26-15-17(25)13-23-9-11-24(12-10-23)14-18-7-8-21(27-18)19-5-3-4-6-20(19)22/h3-8,16-17,25H,9-15H2,1-2H3. The maximum absolute atomic E-state index is 10.1. The van der Waals surface area contributed by atoms with Crippen molar-refractivity contribution >= 4 is 22.9 Å². The van der Waals surface area contributed by atoms with Crippen LogP contribution in [-0.4, -0.2) is 66.4 Å². The van der Waals surface area contributed by atoms with Crippen molar-refractivity contribution in [2.75, 3.05) is 39.3 Å². The summed E-state index contributed by atoms with van der Waals surface area (Å²) in [6, 6.07) is 12.4. The van der Waals surface area contributed by atoms with Crippen LogP contribution in [0.5, 0.6) is 0 Å². The summed E-state index contributed by atoms with van der Waals surface area (Å²) in [6.07, 6.45) is -0.243. The maximum Gasteiger partial charge on any atom is 0.0900 e. The molecule has 0 aliphatic carbocycles. The van der Waals surface area contributed by atoms with Crippen LogP contribution in [0.15, 0.2) is 36.4 Å². The quantitative estimate of drug-likeness (QED) is 0.716. The van der Waals surface area contributed by atoms with E-state index in [1.54, 1.807) is 0 Å². The van der Waals surface area contributed by atoms with Gasteiger partial charge in [-0.3, -0.25) is 9.80 Å². The summed E-state index contributed by atoms with van der Waals surface area (Å²) in [7, 11) is 0. The lowest BCUT2D eigenvalue weighted by molar-refractivity contribution is -0.0148. The van der Waals surface area contributed by atoms with Crippen molar-refractivity contribution in [2.45, 2.75) is 32.6 Å². The smallest absolute Gasteiger partial charge is 0.0900 e. The monoisotopic (exact) mass is 408 g/mol. The average molecular weight is 409 g/mol. The first-order chi connectivity index (χ1) is 13.0. The Morgan fingerprint density at radius 1 is 1.07 bits per heavy atom. The predicted molar refractivity (Wildman–Crippen MR) is 114 cm³/mol. The van der Waals surface area contributed by atoms with E-state index < -0.39 is 6.10 Å². The third-order valence-corrected chi connectivity index (χ3v) is 6.17. The van der Waals surface area contributed by atoms with Crippen molar-refractivity contribution in [3.8, 4) is 10.4 Å². The SMILES string of the molecule is CC(C)OCC(O)CN1CCN(Cc2ccc(-c3ccccc3Cl)s2)CC1. The largest absolute Gasteiger partial charge is 0.389 e. The third kappa shape index (κ3) is 6.28. The molecule has 1 fully saturated rings. The Hall–Kier alpha value is -0.950. The Labute approximate surface area is 171 Å². The molecule has 2 aromatic rings. The van der Waals surface area contributed by atoms with E-state index in [4.69, 9.17) is 16.3 Å². The number of β-amino-alcohol motifs (C(OH)–C–C–N with tert-alkyl or cyclic N) is 1. The van der Waals surface area contributed by atoms with Crippen LogP contribution in [0.2, 0.25) is 5.02 Å². The van der Waals surface area contributed by atoms with E-state index in [0.29, 0.717) is 13.2 Å². The van der Waals surface area contributed by atoms with Crippen molar-refractivity contribution in [1.82, 2.24) is 9.80 Å². The minimum atomic E-state index is -0.408. The molecule has 1 aromatic heterocycles. The molecule has 3 rings (SSSR count). The van der Waals surface area contributed by atoms with Crippen molar-refractivity contribution in [3.63, 3.8) is 0 Å². The van der Waals surface area contributed by atoms with E-state index in [1.807, 2.05) is 43.4 Å². The molecule has 6 heteroatoms. The molecule has 27 heavy (non-hydrogen) atoms. The van der Waals surface area contributed by atoms with E-state index in [0.717, 1.165) is 43.3 Å². The molecule has 1 aliphatic heterocycles. The second kappa shape index (κ2) is 10.0. The normalized spacial score (nSPS) is 17.5. The van der Waals surface area contributed by atoms with Gasteiger partial charge in [0.1, 0.15) is 0 Å². The van der Waals surface area contributed by atoms with Crippen LogP contribution < -0.4 is 0 Å². The molecule has 0 spiro atoms. The fraction of sp³-hybridized carbons (Fsp3) is 0.524. The molecular weight excluding hydrogens is 380 g/mol. The van der Waals surface area contributed by atoms with Gasteiger partial charge in [0.05, 0.1) is 18.8 Å². The Morgan fingerprint density at radius 2 is 1.78 bits per heavy atom. The molecule has 148 valence electrons. The highest BCUT2D eigenvalue weighted by molar-refractivity contribution is 7.15. The van der Waals surface area contributed by atoms with Gasteiger partial charge >= 0.3 is 0 Å². The van der Waals surface area contributed by atoms with Gasteiger partial charge in [0.15, 0.2) is 0 Å². The minimum absolute atomic E-state index is 0.165. The number of thiophene rings is 1. The topological polar surface area (TPSA) is 35.9 Å². The summed E-state index contributed by atoms with van der Waals surface area (Å²) in [6.45, 7) is 10.1. The number of aliphatic hydroxyl groups is 1. The van der Waals surface area contributed by atoms with Gasteiger partial charge in [0.2, 0.25) is 0 Å². The van der Waals surface area contributed by atoms with Crippen LogP contribution in [0.4, 0.5) is 0 Å². The zero-order valence-electron chi connectivity index (χ0n) is 16.1. The van der Waals surface area contributed by atoms with Crippen LogP contribution in [0.3, 0.4) is 0 Å². The number of ether oxygens (including phenoxy) is 1. The summed E-state index contributed by atoms with van der Waals surface area (Å²) < 4.78 is 5.50. The highest BCUT2D eigenvalue weighted by atomic mass is 35.5. The summed E-state index contributed by atoms with van der Waals surface area (Å²) in [4.78, 5) is 7.40. The van der Waals surface area contributed by atoms with Gasteiger partial charge in [0.25, 0.3) is 0 Å². The maximum atomic E-state index is 10.1. The van der Waals surface area contributed by atoms with Crippen molar-refractivity contribution in [3.05, 3.63) is 46.3 Å². The van der Waals surface area contributed by atoms with E-state index in [1.165, 1.54) is 9.75 Å². The molecule has 1 aromatic carbocycles. The van der Waals surface area contributed by atoms with E-state index >= 15 is 0 Å². The number of halogens is 1. The van der Waals surface area contributed by atoms with E-state index in [-0.39, 0.29) is 6.10 Å². The number of hydrogen-bond acceptors (Lipinski definition) is 5. The van der Waals surface area contributed by atoms with E-state index in [2.05, 4.69) is 28.0 Å². The lowest BCUT2D eigenvalue weighted by Gasteiger charge is -2.35. The van der Waals surface area contributed by atoms with Gasteiger partial charge in [-0.25, -0.2) is 0 Å². The van der Waals surface area contributed by atoms with Gasteiger partial charge in [0, 0.05) is 59.6 Å². The molecule has 1 N–H and O–H groups in total. The number of rotatable bonds is 8. The summed E-state index contributed by atoms with van der Waals surface area (Å²) in [5.41, 5.74) is 1.11. The second-order valence-corrected chi connectivity index (χ2v) is 8.93. The summed E-state index contributed by atoms with van der Waals surface area (Å²) in [5, 5.41) is 10.9. The van der Waals surface area contributed by atoms with Crippen molar-refractivity contribution in [1.29, 1.82) is 0 Å². The van der Waals surface area contributed by atoms with Crippen LogP contribution in [0, 0.1) is 0 Å². The fourth-order valence-corrected chi connectivity index (χ4v) is 4.66. The number of nitrogens with zero attached hydrogens (tertiary/aromatic N) is 2. The highest BCUT2D eigenvalue weighted by Crippen LogP contribution is 2.33.